The van der Waals surface area contributed by atoms with Gasteiger partial charge < -0.3 is 18.9 Å². The highest BCUT2D eigenvalue weighted by molar-refractivity contribution is 5.65. The van der Waals surface area contributed by atoms with E-state index in [-0.39, 0.29) is 18.9 Å². The summed E-state index contributed by atoms with van der Waals surface area (Å²) in [6.45, 7) is 5.00. The van der Waals surface area contributed by atoms with Gasteiger partial charge in [-0.05, 0) is 6.92 Å². The molecule has 0 aromatic carbocycles. The van der Waals surface area contributed by atoms with E-state index in [9.17, 15) is 4.79 Å². The van der Waals surface area contributed by atoms with E-state index < -0.39 is 0 Å². The lowest BCUT2D eigenvalue weighted by Gasteiger charge is -2.12. The SMILES string of the molecule is COCCOCO[C@@H](C)CCOC(C)=O. The van der Waals surface area contributed by atoms with E-state index in [0.29, 0.717) is 26.2 Å². The first-order valence-corrected chi connectivity index (χ1v) is 4.98. The van der Waals surface area contributed by atoms with Crippen LogP contribution < -0.4 is 0 Å². The fraction of sp³-hybridized carbons (Fsp3) is 0.900. The third-order valence-corrected chi connectivity index (χ3v) is 1.70. The molecule has 0 unspecified atom stereocenters. The predicted octanol–water partition coefficient (Wildman–Crippen LogP) is 0.965. The largest absolute Gasteiger partial charge is 0.466 e. The van der Waals surface area contributed by atoms with Crippen LogP contribution in [0.15, 0.2) is 0 Å². The van der Waals surface area contributed by atoms with Gasteiger partial charge in [-0.15, -0.1) is 0 Å². The summed E-state index contributed by atoms with van der Waals surface area (Å²) in [5, 5.41) is 0. The van der Waals surface area contributed by atoms with Crippen LogP contribution in [0.4, 0.5) is 0 Å². The molecule has 0 rings (SSSR count). The van der Waals surface area contributed by atoms with E-state index in [2.05, 4.69) is 0 Å². The number of ether oxygens (including phenoxy) is 4. The van der Waals surface area contributed by atoms with E-state index in [1.807, 2.05) is 6.92 Å². The molecule has 0 radical (unpaired) electrons. The quantitative estimate of drug-likeness (QED) is 0.329. The number of esters is 1. The van der Waals surface area contributed by atoms with Gasteiger partial charge in [-0.3, -0.25) is 4.79 Å². The van der Waals surface area contributed by atoms with Crippen molar-refractivity contribution in [3.05, 3.63) is 0 Å². The molecule has 0 saturated carbocycles. The molecule has 0 spiro atoms. The van der Waals surface area contributed by atoms with Gasteiger partial charge in [0, 0.05) is 20.5 Å². The van der Waals surface area contributed by atoms with E-state index in [4.69, 9.17) is 18.9 Å². The Morgan fingerprint density at radius 1 is 1.27 bits per heavy atom. The zero-order valence-corrected chi connectivity index (χ0v) is 9.65. The summed E-state index contributed by atoms with van der Waals surface area (Å²) < 4.78 is 20.0. The zero-order chi connectivity index (χ0) is 11.5. The maximum atomic E-state index is 10.5. The van der Waals surface area contributed by atoms with Crippen LogP contribution in [0.25, 0.3) is 0 Å². The summed E-state index contributed by atoms with van der Waals surface area (Å²) in [6, 6.07) is 0. The number of carbonyl (C=O) groups is 1. The van der Waals surface area contributed by atoms with Gasteiger partial charge in [-0.25, -0.2) is 0 Å². The third kappa shape index (κ3) is 11.3. The molecule has 0 aromatic heterocycles. The highest BCUT2D eigenvalue weighted by atomic mass is 16.7. The minimum atomic E-state index is -0.265. The molecule has 5 heteroatoms. The lowest BCUT2D eigenvalue weighted by atomic mass is 10.3. The van der Waals surface area contributed by atoms with E-state index in [1.54, 1.807) is 7.11 Å². The minimum absolute atomic E-state index is 0.0203. The van der Waals surface area contributed by atoms with Gasteiger partial charge in [0.15, 0.2) is 0 Å². The number of carbonyl (C=O) groups excluding carboxylic acids is 1. The van der Waals surface area contributed by atoms with E-state index in [0.717, 1.165) is 0 Å². The molecule has 0 aliphatic heterocycles. The predicted molar refractivity (Wildman–Crippen MR) is 54.5 cm³/mol. The molecule has 0 amide bonds. The smallest absolute Gasteiger partial charge is 0.302 e. The molecule has 0 aliphatic carbocycles. The first-order chi connectivity index (χ1) is 7.16. The van der Waals surface area contributed by atoms with Crippen molar-refractivity contribution in [2.45, 2.75) is 26.4 Å². The van der Waals surface area contributed by atoms with Crippen molar-refractivity contribution >= 4 is 5.97 Å². The number of hydrogen-bond donors (Lipinski definition) is 0. The first kappa shape index (κ1) is 14.3. The molecule has 0 aliphatic rings. The van der Waals surface area contributed by atoms with Gasteiger partial charge in [0.2, 0.25) is 0 Å². The van der Waals surface area contributed by atoms with Crippen molar-refractivity contribution in [1.82, 2.24) is 0 Å². The van der Waals surface area contributed by atoms with Crippen LogP contribution in [0, 0.1) is 0 Å². The molecule has 0 heterocycles. The zero-order valence-electron chi connectivity index (χ0n) is 9.65. The van der Waals surface area contributed by atoms with Crippen molar-refractivity contribution in [1.29, 1.82) is 0 Å². The van der Waals surface area contributed by atoms with Crippen molar-refractivity contribution in [3.63, 3.8) is 0 Å². The monoisotopic (exact) mass is 220 g/mol. The van der Waals surface area contributed by atoms with Crippen LogP contribution in [0.5, 0.6) is 0 Å². The molecule has 90 valence electrons. The Morgan fingerprint density at radius 3 is 2.60 bits per heavy atom. The molecule has 5 nitrogen and oxygen atoms in total. The molecular formula is C10H20O5. The molecule has 0 saturated heterocycles. The summed E-state index contributed by atoms with van der Waals surface area (Å²) in [6.07, 6.45) is 0.694. The lowest BCUT2D eigenvalue weighted by Crippen LogP contribution is -2.16. The van der Waals surface area contributed by atoms with Crippen LogP contribution in [-0.4, -0.2) is 45.8 Å². The molecule has 0 aromatic rings. The Balaban J connectivity index is 3.18. The topological polar surface area (TPSA) is 54.0 Å². The van der Waals surface area contributed by atoms with Gasteiger partial charge in [-0.2, -0.15) is 0 Å². The normalized spacial score (nSPS) is 12.5. The molecule has 15 heavy (non-hydrogen) atoms. The number of rotatable bonds is 9. The molecular weight excluding hydrogens is 200 g/mol. The molecule has 0 fully saturated rings. The second kappa shape index (κ2) is 9.89. The maximum Gasteiger partial charge on any atom is 0.302 e. The Kier molecular flexibility index (Phi) is 9.46. The second-order valence-electron chi connectivity index (χ2n) is 3.12. The van der Waals surface area contributed by atoms with Crippen molar-refractivity contribution in [3.8, 4) is 0 Å². The lowest BCUT2D eigenvalue weighted by molar-refractivity contribution is -0.142. The highest BCUT2D eigenvalue weighted by Crippen LogP contribution is 1.98. The maximum absolute atomic E-state index is 10.5. The van der Waals surface area contributed by atoms with Crippen LogP contribution in [0.3, 0.4) is 0 Å². The summed E-state index contributed by atoms with van der Waals surface area (Å²) in [7, 11) is 1.62. The second-order valence-corrected chi connectivity index (χ2v) is 3.12. The van der Waals surface area contributed by atoms with Gasteiger partial charge in [0.05, 0.1) is 25.9 Å². The summed E-state index contributed by atoms with van der Waals surface area (Å²) in [5.41, 5.74) is 0. The van der Waals surface area contributed by atoms with Gasteiger partial charge in [-0.1, -0.05) is 0 Å². The van der Waals surface area contributed by atoms with Crippen molar-refractivity contribution < 1.29 is 23.7 Å². The Labute approximate surface area is 90.6 Å². The fourth-order valence-electron chi connectivity index (χ4n) is 0.817. The van der Waals surface area contributed by atoms with Crippen molar-refractivity contribution in [2.75, 3.05) is 33.7 Å². The Bertz CT molecular complexity index is 160. The van der Waals surface area contributed by atoms with Crippen LogP contribution in [0.2, 0.25) is 0 Å². The van der Waals surface area contributed by atoms with E-state index >= 15 is 0 Å². The summed E-state index contributed by atoms with van der Waals surface area (Å²) in [4.78, 5) is 10.5. The Hall–Kier alpha value is -0.650. The number of hydrogen-bond acceptors (Lipinski definition) is 5. The molecule has 0 bridgehead atoms. The average Bonchev–Trinajstić information content (AvgIpc) is 2.17. The van der Waals surface area contributed by atoms with Crippen LogP contribution in [-0.2, 0) is 23.7 Å². The number of methoxy groups -OCH3 is 1. The first-order valence-electron chi connectivity index (χ1n) is 4.98. The van der Waals surface area contributed by atoms with Gasteiger partial charge in [0.1, 0.15) is 6.79 Å². The standard InChI is InChI=1S/C10H20O5/c1-9(4-5-14-10(2)11)15-8-13-7-6-12-3/h9H,4-8H2,1-3H3/t9-/m0/s1. The highest BCUT2D eigenvalue weighted by Gasteiger charge is 2.03. The summed E-state index contributed by atoms with van der Waals surface area (Å²) >= 11 is 0. The van der Waals surface area contributed by atoms with E-state index in [1.165, 1.54) is 6.92 Å². The van der Waals surface area contributed by atoms with Crippen LogP contribution >= 0.6 is 0 Å². The molecule has 0 N–H and O–H groups in total. The third-order valence-electron chi connectivity index (χ3n) is 1.70. The van der Waals surface area contributed by atoms with Gasteiger partial charge in [0.25, 0.3) is 0 Å². The van der Waals surface area contributed by atoms with Gasteiger partial charge >= 0.3 is 5.97 Å². The van der Waals surface area contributed by atoms with Crippen LogP contribution in [0.1, 0.15) is 20.3 Å². The van der Waals surface area contributed by atoms with Crippen molar-refractivity contribution in [2.24, 2.45) is 0 Å². The average molecular weight is 220 g/mol. The Morgan fingerprint density at radius 2 is 2.00 bits per heavy atom. The summed E-state index contributed by atoms with van der Waals surface area (Å²) in [5.74, 6) is -0.265. The minimum Gasteiger partial charge on any atom is -0.466 e. The fourth-order valence-corrected chi connectivity index (χ4v) is 0.817. The molecule has 1 atom stereocenters.